The molecule has 7 heteroatoms. The average Bonchev–Trinajstić information content (AvgIpc) is 2.52. The van der Waals surface area contributed by atoms with E-state index in [0.29, 0.717) is 32.8 Å². The van der Waals surface area contributed by atoms with Crippen LogP contribution in [-0.4, -0.2) is 36.9 Å². The van der Waals surface area contributed by atoms with E-state index in [4.69, 9.17) is 13.9 Å². The first kappa shape index (κ1) is 20.8. The van der Waals surface area contributed by atoms with E-state index in [1.807, 2.05) is 31.2 Å². The maximum Gasteiger partial charge on any atom is 0.330 e. The van der Waals surface area contributed by atoms with Gasteiger partial charge >= 0.3 is 7.60 Å². The molecule has 136 valence electrons. The van der Waals surface area contributed by atoms with Gasteiger partial charge in [0.1, 0.15) is 6.61 Å². The molecule has 1 rings (SSSR count). The van der Waals surface area contributed by atoms with Gasteiger partial charge in [-0.2, -0.15) is 0 Å². The fraction of sp³-hybridized carbons (Fsp3) is 0.588. The van der Waals surface area contributed by atoms with E-state index in [1.54, 1.807) is 13.8 Å². The highest BCUT2D eigenvalue weighted by molar-refractivity contribution is 7.53. The summed E-state index contributed by atoms with van der Waals surface area (Å²) in [6, 6.07) is 7.92. The molecule has 0 aliphatic heterocycles. The summed E-state index contributed by atoms with van der Waals surface area (Å²) < 4.78 is 22.9. The van der Waals surface area contributed by atoms with Crippen LogP contribution in [0, 0.1) is 6.92 Å². The largest absolute Gasteiger partial charge is 0.330 e. The van der Waals surface area contributed by atoms with E-state index in [0.717, 1.165) is 5.56 Å². The molecule has 1 amide bonds. The number of rotatable bonds is 11. The number of benzene rings is 1. The lowest BCUT2D eigenvalue weighted by atomic mass is 10.2. The first-order valence-corrected chi connectivity index (χ1v) is 9.97. The Labute approximate surface area is 144 Å². The smallest absolute Gasteiger partial charge is 0.309 e. The molecule has 0 spiro atoms. The summed E-state index contributed by atoms with van der Waals surface area (Å²) in [7, 11) is -3.08. The number of hydroxylamine groups is 2. The number of hydrogen-bond acceptors (Lipinski definition) is 5. The molecule has 0 aliphatic carbocycles. The molecule has 0 aliphatic rings. The van der Waals surface area contributed by atoms with Crippen LogP contribution in [0.25, 0.3) is 0 Å². The molecule has 0 bridgehead atoms. The van der Waals surface area contributed by atoms with E-state index in [9.17, 15) is 9.36 Å². The van der Waals surface area contributed by atoms with Crippen molar-refractivity contribution in [3.63, 3.8) is 0 Å². The van der Waals surface area contributed by atoms with E-state index in [1.165, 1.54) is 17.6 Å². The average molecular weight is 357 g/mol. The van der Waals surface area contributed by atoms with Crippen LogP contribution in [0.4, 0.5) is 0 Å². The molecule has 0 saturated heterocycles. The highest BCUT2D eigenvalue weighted by Gasteiger charge is 2.23. The van der Waals surface area contributed by atoms with Gasteiger partial charge in [-0.05, 0) is 32.8 Å². The molecule has 0 atom stereocenters. The third-order valence-electron chi connectivity index (χ3n) is 3.30. The van der Waals surface area contributed by atoms with Crippen LogP contribution < -0.4 is 0 Å². The second kappa shape index (κ2) is 10.6. The Morgan fingerprint density at radius 3 is 2.21 bits per heavy atom. The van der Waals surface area contributed by atoms with Crippen molar-refractivity contribution < 1.29 is 23.2 Å². The first-order chi connectivity index (χ1) is 11.4. The summed E-state index contributed by atoms with van der Waals surface area (Å²) >= 11 is 0. The quantitative estimate of drug-likeness (QED) is 0.443. The normalized spacial score (nSPS) is 11.5. The molecule has 0 fully saturated rings. The fourth-order valence-corrected chi connectivity index (χ4v) is 3.77. The van der Waals surface area contributed by atoms with E-state index >= 15 is 0 Å². The third-order valence-corrected chi connectivity index (χ3v) is 5.47. The van der Waals surface area contributed by atoms with Gasteiger partial charge in [-0.3, -0.25) is 14.2 Å². The number of nitrogens with zero attached hydrogens (tertiary/aromatic N) is 1. The maximum absolute atomic E-state index is 12.4. The lowest BCUT2D eigenvalue weighted by molar-refractivity contribution is -0.189. The summed E-state index contributed by atoms with van der Waals surface area (Å²) in [4.78, 5) is 17.3. The van der Waals surface area contributed by atoms with Crippen molar-refractivity contribution in [2.45, 2.75) is 40.7 Å². The third kappa shape index (κ3) is 7.58. The molecule has 0 saturated carbocycles. The zero-order valence-corrected chi connectivity index (χ0v) is 15.9. The van der Waals surface area contributed by atoms with Crippen LogP contribution in [0.15, 0.2) is 24.3 Å². The lowest BCUT2D eigenvalue weighted by Gasteiger charge is -2.22. The Morgan fingerprint density at radius 1 is 1.12 bits per heavy atom. The molecule has 0 heterocycles. The molecule has 0 aromatic heterocycles. The van der Waals surface area contributed by atoms with Gasteiger partial charge in [0.05, 0.1) is 19.4 Å². The molecule has 0 unspecified atom stereocenters. The van der Waals surface area contributed by atoms with E-state index in [-0.39, 0.29) is 12.1 Å². The predicted octanol–water partition coefficient (Wildman–Crippen LogP) is 3.93. The molecule has 1 aromatic carbocycles. The number of carbonyl (C=O) groups excluding carboxylic acids is 1. The van der Waals surface area contributed by atoms with Crippen molar-refractivity contribution in [1.29, 1.82) is 0 Å². The van der Waals surface area contributed by atoms with Crippen LogP contribution in [0.3, 0.4) is 0 Å². The van der Waals surface area contributed by atoms with Crippen LogP contribution >= 0.6 is 7.60 Å². The lowest BCUT2D eigenvalue weighted by Crippen LogP contribution is -2.30. The minimum Gasteiger partial charge on any atom is -0.309 e. The van der Waals surface area contributed by atoms with Gasteiger partial charge in [0.15, 0.2) is 0 Å². The minimum atomic E-state index is -3.08. The summed E-state index contributed by atoms with van der Waals surface area (Å²) in [5, 5.41) is 1.29. The first-order valence-electron chi connectivity index (χ1n) is 8.25. The van der Waals surface area contributed by atoms with Gasteiger partial charge < -0.3 is 9.05 Å². The topological polar surface area (TPSA) is 65.1 Å². The Morgan fingerprint density at radius 2 is 1.71 bits per heavy atom. The van der Waals surface area contributed by atoms with Gasteiger partial charge in [-0.1, -0.05) is 29.8 Å². The fourth-order valence-electron chi connectivity index (χ4n) is 2.12. The van der Waals surface area contributed by atoms with E-state index < -0.39 is 7.60 Å². The summed E-state index contributed by atoms with van der Waals surface area (Å²) in [5.74, 6) is -0.190. The second-order valence-electron chi connectivity index (χ2n) is 5.40. The number of hydrogen-bond donors (Lipinski definition) is 0. The monoisotopic (exact) mass is 357 g/mol. The highest BCUT2D eigenvalue weighted by Crippen LogP contribution is 2.48. The van der Waals surface area contributed by atoms with Gasteiger partial charge in [-0.15, -0.1) is 0 Å². The van der Waals surface area contributed by atoms with Crippen molar-refractivity contribution in [1.82, 2.24) is 5.06 Å². The van der Waals surface area contributed by atoms with Gasteiger partial charge in [0.2, 0.25) is 5.91 Å². The Balaban J connectivity index is 2.49. The summed E-state index contributed by atoms with van der Waals surface area (Å²) in [6.45, 7) is 8.33. The zero-order valence-electron chi connectivity index (χ0n) is 15.0. The molecule has 0 radical (unpaired) electrons. The molecular weight excluding hydrogens is 329 g/mol. The predicted molar refractivity (Wildman–Crippen MR) is 93.7 cm³/mol. The van der Waals surface area contributed by atoms with Crippen LogP contribution in [0.5, 0.6) is 0 Å². The van der Waals surface area contributed by atoms with Crippen molar-refractivity contribution in [2.24, 2.45) is 0 Å². The Bertz CT molecular complexity index is 536. The molecule has 24 heavy (non-hydrogen) atoms. The zero-order chi connectivity index (χ0) is 18.0. The maximum atomic E-state index is 12.4. The minimum absolute atomic E-state index is 0.190. The molecule has 1 aromatic rings. The molecule has 0 N–H and O–H groups in total. The van der Waals surface area contributed by atoms with Crippen molar-refractivity contribution in [3.05, 3.63) is 35.4 Å². The van der Waals surface area contributed by atoms with Gasteiger partial charge in [0, 0.05) is 13.5 Å². The van der Waals surface area contributed by atoms with E-state index in [2.05, 4.69) is 0 Å². The molecule has 6 nitrogen and oxygen atoms in total. The number of amides is 1. The Hall–Kier alpha value is -1.20. The van der Waals surface area contributed by atoms with Gasteiger partial charge in [-0.25, -0.2) is 5.06 Å². The van der Waals surface area contributed by atoms with Gasteiger partial charge in [0.25, 0.3) is 0 Å². The van der Waals surface area contributed by atoms with Crippen LogP contribution in [-0.2, 0) is 29.9 Å². The standard InChI is InChI=1S/C17H28NO5P/c1-5-22-24(20,23-6-2)13-7-12-18(16(4)19)21-14-17-10-8-15(3)9-11-17/h8-11H,5-7,12-14H2,1-4H3. The SMILES string of the molecule is CCOP(=O)(CCCN(OCc1ccc(C)cc1)C(C)=O)OCC. The van der Waals surface area contributed by atoms with Crippen molar-refractivity contribution >= 4 is 13.5 Å². The van der Waals surface area contributed by atoms with Crippen LogP contribution in [0.2, 0.25) is 0 Å². The molecular formula is C17H28NO5P. The highest BCUT2D eigenvalue weighted by atomic mass is 31.2. The van der Waals surface area contributed by atoms with Crippen molar-refractivity contribution in [3.8, 4) is 0 Å². The number of aryl methyl sites for hydroxylation is 1. The second-order valence-corrected chi connectivity index (χ2v) is 7.59. The number of carbonyl (C=O) groups is 1. The summed E-state index contributed by atoms with van der Waals surface area (Å²) in [5.41, 5.74) is 2.16. The summed E-state index contributed by atoms with van der Waals surface area (Å²) in [6.07, 6.45) is 0.733. The Kier molecular flexibility index (Phi) is 9.22. The van der Waals surface area contributed by atoms with Crippen LogP contribution in [0.1, 0.15) is 38.3 Å². The van der Waals surface area contributed by atoms with Crippen molar-refractivity contribution in [2.75, 3.05) is 25.9 Å².